The van der Waals surface area contributed by atoms with E-state index in [2.05, 4.69) is 27.7 Å². The minimum atomic E-state index is -3.11. The number of halogens is 4. The summed E-state index contributed by atoms with van der Waals surface area (Å²) in [6.45, 7) is 20.3. The second kappa shape index (κ2) is 78.1. The van der Waals surface area contributed by atoms with Crippen LogP contribution in [0.5, 0.6) is 0 Å². The molecule has 4 nitrogen and oxygen atoms in total. The zero-order chi connectivity index (χ0) is 30.6. The molecule has 0 aliphatic carbocycles. The van der Waals surface area contributed by atoms with Gasteiger partial charge in [-0.05, 0) is 0 Å². The van der Waals surface area contributed by atoms with E-state index in [4.69, 9.17) is 37.2 Å². The van der Waals surface area contributed by atoms with Gasteiger partial charge in [0.15, 0.2) is 0 Å². The van der Waals surface area contributed by atoms with Crippen molar-refractivity contribution in [3.63, 3.8) is 0 Å². The maximum absolute atomic E-state index is 9.53. The molecule has 0 rings (SSSR count). The van der Waals surface area contributed by atoms with Crippen molar-refractivity contribution in [3.8, 4) is 0 Å². The second-order valence-corrected chi connectivity index (χ2v) is 23.3. The van der Waals surface area contributed by atoms with Gasteiger partial charge in [0.1, 0.15) is 0 Å². The monoisotopic (exact) mass is 722 g/mol. The van der Waals surface area contributed by atoms with Crippen LogP contribution in [0, 0.1) is 13.8 Å². The molecule has 0 aromatic rings. The van der Waals surface area contributed by atoms with Crippen molar-refractivity contribution in [2.75, 3.05) is 26.4 Å². The minimum Gasteiger partial charge on any atom is 2.00 e. The first kappa shape index (κ1) is 65.0. The molecule has 0 radical (unpaired) electrons. The van der Waals surface area contributed by atoms with Crippen LogP contribution < -0.4 is 20.4 Å². The molecule has 0 aromatic carbocycles. The Balaban J connectivity index is -0.0000000382. The third kappa shape index (κ3) is 214. The molecule has 0 fully saturated rings. The maximum Gasteiger partial charge on any atom is 4.00 e. The molecule has 0 heterocycles. The second-order valence-electron chi connectivity index (χ2n) is 7.78. The van der Waals surface area contributed by atoms with Gasteiger partial charge in [-0.25, -0.2) is 0 Å². The molecule has 0 unspecified atom stereocenters. The van der Waals surface area contributed by atoms with Gasteiger partial charge in [-0.15, -0.1) is 26.4 Å². The molecule has 0 amide bonds. The van der Waals surface area contributed by atoms with Gasteiger partial charge in [0.25, 0.3) is 0 Å². The predicted molar refractivity (Wildman–Crippen MR) is 167 cm³/mol. The third-order valence-corrected chi connectivity index (χ3v) is 3.70. The van der Waals surface area contributed by atoms with Crippen LogP contribution in [0.25, 0.3) is 0 Å². The molecular formula is C28H62Cl4MgO4Ti2. The predicted octanol–water partition coefficient (Wildman–Crippen LogP) is 7.76. The fourth-order valence-electron chi connectivity index (χ4n) is 1.43. The molecule has 0 aromatic heterocycles. The van der Waals surface area contributed by atoms with E-state index in [-0.39, 0.29) is 71.2 Å². The van der Waals surface area contributed by atoms with Gasteiger partial charge in [0, 0.05) is 0 Å². The fourth-order valence-corrected chi connectivity index (χ4v) is 1.43. The van der Waals surface area contributed by atoms with Crippen LogP contribution in [0.15, 0.2) is 0 Å². The van der Waals surface area contributed by atoms with E-state index >= 15 is 0 Å². The van der Waals surface area contributed by atoms with E-state index in [0.29, 0.717) is 0 Å². The molecule has 0 N–H and O–H groups in total. The first-order valence-electron chi connectivity index (χ1n) is 14.2. The molecule has 0 bridgehead atoms. The molecule has 0 spiro atoms. The van der Waals surface area contributed by atoms with E-state index in [1.165, 1.54) is 38.5 Å². The van der Waals surface area contributed by atoms with Gasteiger partial charge in [0.2, 0.25) is 0 Å². The van der Waals surface area contributed by atoms with Crippen molar-refractivity contribution < 1.29 is 54.5 Å². The van der Waals surface area contributed by atoms with Gasteiger partial charge >= 0.3 is 94.3 Å². The van der Waals surface area contributed by atoms with E-state index in [0.717, 1.165) is 64.2 Å². The average molecular weight is 725 g/mol. The smallest absolute Gasteiger partial charge is 2.00 e. The Labute approximate surface area is 296 Å². The molecule has 11 heteroatoms. The Bertz CT molecular complexity index is 234. The Morgan fingerprint density at radius 2 is 0.590 bits per heavy atom. The van der Waals surface area contributed by atoms with Gasteiger partial charge in [0.05, 0.1) is 0 Å². The van der Waals surface area contributed by atoms with Crippen LogP contribution in [0.4, 0.5) is 0 Å². The quantitative estimate of drug-likeness (QED) is 0.104. The van der Waals surface area contributed by atoms with E-state index in [1.54, 1.807) is 0 Å². The van der Waals surface area contributed by atoms with E-state index in [1.807, 2.05) is 27.7 Å². The van der Waals surface area contributed by atoms with Gasteiger partial charge in [-0.3, -0.25) is 0 Å². The Kier molecular flexibility index (Phi) is 130. The summed E-state index contributed by atoms with van der Waals surface area (Å²) in [7, 11) is 20.1. The molecular weight excluding hydrogens is 662 g/mol. The number of hydrogen-bond donors (Lipinski definition) is 0. The largest absolute Gasteiger partial charge is 4.00 e. The molecule has 39 heavy (non-hydrogen) atoms. The summed E-state index contributed by atoms with van der Waals surface area (Å²) in [5.41, 5.74) is 0. The van der Waals surface area contributed by atoms with Crippen molar-refractivity contribution in [1.29, 1.82) is 0 Å². The Morgan fingerprint density at radius 3 is 0.615 bits per heavy atom. The summed E-state index contributed by atoms with van der Waals surface area (Å²) in [6.07, 6.45) is 17.6. The van der Waals surface area contributed by atoms with Crippen molar-refractivity contribution in [2.45, 2.75) is 144 Å². The summed E-state index contributed by atoms with van der Waals surface area (Å²) in [4.78, 5) is 0. The van der Waals surface area contributed by atoms with Crippen molar-refractivity contribution in [2.24, 2.45) is 0 Å². The normalized spacial score (nSPS) is 8.62. The molecule has 0 aliphatic rings. The minimum absolute atomic E-state index is 0. The topological polar surface area (TPSA) is 92.2 Å². The van der Waals surface area contributed by atoms with Gasteiger partial charge in [-0.1, -0.05) is 131 Å². The summed E-state index contributed by atoms with van der Waals surface area (Å²) < 4.78 is 0. The van der Waals surface area contributed by atoms with E-state index in [9.17, 15) is 20.4 Å². The van der Waals surface area contributed by atoms with Crippen LogP contribution in [0.3, 0.4) is 0 Å². The van der Waals surface area contributed by atoms with Crippen LogP contribution in [-0.2, 0) is 34.1 Å². The summed E-state index contributed by atoms with van der Waals surface area (Å²) in [6, 6.07) is 0. The van der Waals surface area contributed by atoms with Crippen molar-refractivity contribution in [3.05, 3.63) is 13.8 Å². The zero-order valence-electron chi connectivity index (χ0n) is 26.4. The third-order valence-electron chi connectivity index (χ3n) is 3.70. The molecule has 0 saturated heterocycles. The molecule has 236 valence electrons. The standard InChI is InChI=1S/2C6H13.4C4H9O.4ClH.Mg.2Ti/c2*1-3-5-6-4-2;4*1-2-3-4-5;;;;;;;/h2*1,3-6H2,2H3;4*2-4H2,1H3;4*1H;;;/q6*-1;;;;;+2;2*+4/p-4. The maximum atomic E-state index is 9.53. The Morgan fingerprint density at radius 1 is 0.436 bits per heavy atom. The summed E-state index contributed by atoms with van der Waals surface area (Å²) in [5, 5.41) is 38.1. The number of hydrogen-bond acceptors (Lipinski definition) is 4. The van der Waals surface area contributed by atoms with Crippen LogP contribution in [-0.4, -0.2) is 49.5 Å². The Hall–Kier alpha value is 3.19. The first-order valence-corrected chi connectivity index (χ1v) is 22.7. The SMILES string of the molecule is CCCC[O-].CCCC[O-].CCCC[O-].CCCC[O-].[CH2-]CCCCC.[CH2-]CCCCC.[Cl][Ti]([Cl])([Cl])[Cl].[Mg+2].[Ti+4]. The first-order chi connectivity index (χ1) is 17.5. The summed E-state index contributed by atoms with van der Waals surface area (Å²) in [5.74, 6) is 0. The van der Waals surface area contributed by atoms with Crippen molar-refractivity contribution >= 4 is 60.3 Å². The number of unbranched alkanes of at least 4 members (excludes halogenated alkanes) is 10. The molecule has 0 aliphatic heterocycles. The van der Waals surface area contributed by atoms with Crippen LogP contribution >= 0.6 is 37.2 Å². The molecule has 0 atom stereocenters. The van der Waals surface area contributed by atoms with Gasteiger partial charge < -0.3 is 34.3 Å². The summed E-state index contributed by atoms with van der Waals surface area (Å²) >= 11 is -3.11. The van der Waals surface area contributed by atoms with Crippen molar-refractivity contribution in [1.82, 2.24) is 0 Å². The van der Waals surface area contributed by atoms with Crippen LogP contribution in [0.1, 0.15) is 144 Å². The van der Waals surface area contributed by atoms with E-state index < -0.39 is 12.3 Å². The number of rotatable bonds is 14. The average Bonchev–Trinajstić information content (AvgIpc) is 2.84. The zero-order valence-corrected chi connectivity index (χ0v) is 34.0. The fraction of sp³-hybridized carbons (Fsp3) is 0.929. The molecule has 0 saturated carbocycles. The van der Waals surface area contributed by atoms with Crippen LogP contribution in [0.2, 0.25) is 0 Å². The van der Waals surface area contributed by atoms with Gasteiger partial charge in [-0.2, -0.15) is 12.8 Å².